The molecule has 248 valence electrons. The van der Waals surface area contributed by atoms with Crippen LogP contribution in [0.25, 0.3) is 27.6 Å². The van der Waals surface area contributed by atoms with Gasteiger partial charge in [0.25, 0.3) is 0 Å². The Morgan fingerprint density at radius 2 is 1.41 bits per heavy atom. The minimum absolute atomic E-state index is 0. The number of hydrogen-bond acceptors (Lipinski definition) is 4. The Labute approximate surface area is 300 Å². The number of halogens is 1. The van der Waals surface area contributed by atoms with Gasteiger partial charge in [-0.3, -0.25) is 0 Å². The third kappa shape index (κ3) is 6.00. The fourth-order valence-corrected chi connectivity index (χ4v) is 6.38. The fraction of sp³-hybridized carbons (Fsp3) is 0.143. The molecule has 5 aromatic carbocycles. The maximum atomic E-state index is 13.8. The van der Waals surface area contributed by atoms with Gasteiger partial charge in [-0.05, 0) is 77.4 Å². The number of anilines is 4. The smallest absolute Gasteiger partial charge is 0.135 e. The Morgan fingerprint density at radius 3 is 2.16 bits per heavy atom. The van der Waals surface area contributed by atoms with Crippen LogP contribution in [0.1, 0.15) is 50.7 Å². The van der Waals surface area contributed by atoms with E-state index in [0.29, 0.717) is 17.4 Å². The summed E-state index contributed by atoms with van der Waals surface area (Å²) in [4.78, 5) is 8.95. The Morgan fingerprint density at radius 1 is 0.694 bits per heavy atom. The van der Waals surface area contributed by atoms with E-state index < -0.39 is 0 Å². The van der Waals surface area contributed by atoms with Crippen LogP contribution < -0.4 is 14.5 Å². The number of rotatable bonds is 7. The van der Waals surface area contributed by atoms with Crippen molar-refractivity contribution in [2.24, 2.45) is 0 Å². The average molecular weight is 825 g/mol. The molecule has 5 nitrogen and oxygen atoms in total. The van der Waals surface area contributed by atoms with Gasteiger partial charge < -0.3 is 19.1 Å². The molecule has 7 aromatic rings. The second-order valence-electron chi connectivity index (χ2n) is 12.8. The summed E-state index contributed by atoms with van der Waals surface area (Å²) in [5, 5.41) is 2.22. The fourth-order valence-electron chi connectivity index (χ4n) is 6.38. The predicted molar refractivity (Wildman–Crippen MR) is 192 cm³/mol. The zero-order valence-corrected chi connectivity index (χ0v) is 29.9. The van der Waals surface area contributed by atoms with Crippen molar-refractivity contribution in [3.05, 3.63) is 151 Å². The molecule has 0 bridgehead atoms. The second kappa shape index (κ2) is 13.2. The summed E-state index contributed by atoms with van der Waals surface area (Å²) in [6.07, 6.45) is 1.88. The van der Waals surface area contributed by atoms with Crippen LogP contribution in [-0.4, -0.2) is 9.55 Å². The van der Waals surface area contributed by atoms with Gasteiger partial charge in [0.2, 0.25) is 0 Å². The molecule has 2 aromatic heterocycles. The van der Waals surface area contributed by atoms with Crippen LogP contribution in [0.3, 0.4) is 0 Å². The van der Waals surface area contributed by atoms with E-state index >= 15 is 0 Å². The van der Waals surface area contributed by atoms with Crippen LogP contribution in [0.15, 0.2) is 115 Å². The van der Waals surface area contributed by atoms with Crippen molar-refractivity contribution in [1.82, 2.24) is 9.55 Å². The van der Waals surface area contributed by atoms with Crippen LogP contribution in [0, 0.1) is 24.6 Å². The Bertz CT molecular complexity index is 2300. The van der Waals surface area contributed by atoms with E-state index in [1.807, 2.05) is 31.1 Å². The quantitative estimate of drug-likeness (QED) is 0.150. The second-order valence-corrected chi connectivity index (χ2v) is 12.8. The minimum Gasteiger partial charge on any atom is -0.509 e. The van der Waals surface area contributed by atoms with Gasteiger partial charge in [-0.1, -0.05) is 63.5 Å². The topological polar surface area (TPSA) is 33.5 Å². The molecule has 0 aliphatic carbocycles. The number of aromatic nitrogens is 2. The van der Waals surface area contributed by atoms with E-state index in [-0.39, 0.29) is 32.8 Å². The van der Waals surface area contributed by atoms with Gasteiger partial charge in [-0.25, -0.2) is 9.37 Å². The maximum Gasteiger partial charge on any atom is 0.135 e. The molecule has 7 heteroatoms. The number of pyridine rings is 1. The number of hydrogen-bond donors (Lipinski definition) is 0. The van der Waals surface area contributed by atoms with Gasteiger partial charge >= 0.3 is 0 Å². The van der Waals surface area contributed by atoms with E-state index in [1.54, 1.807) is 12.1 Å². The molecule has 49 heavy (non-hydrogen) atoms. The summed E-state index contributed by atoms with van der Waals surface area (Å²) in [7, 11) is 0. The monoisotopic (exact) mass is 824 g/mol. The summed E-state index contributed by atoms with van der Waals surface area (Å²) in [6.45, 7) is 10.7. The molecule has 0 amide bonds. The van der Waals surface area contributed by atoms with Crippen LogP contribution in [-0.2, 0) is 21.1 Å². The molecule has 1 aliphatic rings. The van der Waals surface area contributed by atoms with Crippen molar-refractivity contribution in [1.29, 1.82) is 0 Å². The molecule has 0 N–H and O–H groups in total. The molecule has 1 aliphatic heterocycles. The predicted octanol–water partition coefficient (Wildman–Crippen LogP) is 11.4. The third-order valence-corrected chi connectivity index (χ3v) is 8.96. The number of benzene rings is 5. The number of nitrogens with zero attached hydrogens (tertiary/aromatic N) is 4. The van der Waals surface area contributed by atoms with E-state index in [2.05, 4.69) is 121 Å². The summed E-state index contributed by atoms with van der Waals surface area (Å²) in [5.41, 5.74) is 8.03. The first kappa shape index (κ1) is 32.6. The molecule has 8 rings (SSSR count). The zero-order valence-electron chi connectivity index (χ0n) is 27.6. The molecule has 0 saturated heterocycles. The van der Waals surface area contributed by atoms with Gasteiger partial charge in [-0.15, -0.1) is 53.6 Å². The molecule has 0 atom stereocenters. The largest absolute Gasteiger partial charge is 0.509 e. The summed E-state index contributed by atoms with van der Waals surface area (Å²) in [6, 6.07) is 42.7. The van der Waals surface area contributed by atoms with Crippen molar-refractivity contribution in [3.8, 4) is 17.3 Å². The molecular weight excluding hydrogens is 791 g/mol. The van der Waals surface area contributed by atoms with Crippen molar-refractivity contribution >= 4 is 44.6 Å². The van der Waals surface area contributed by atoms with Gasteiger partial charge in [0.05, 0.1) is 0 Å². The van der Waals surface area contributed by atoms with Crippen molar-refractivity contribution in [2.75, 3.05) is 9.80 Å². The average Bonchev–Trinajstić information content (AvgIpc) is 3.65. The Balaban J connectivity index is 0.00000378. The number of ether oxygens (including phenoxy) is 1. The summed E-state index contributed by atoms with van der Waals surface area (Å²) < 4.78 is 22.6. The zero-order chi connectivity index (χ0) is 32.9. The standard InChI is InChI=1S/C42H34FN4O.Pt/c1-27(2)29-19-20-44-42(23-29)47-38-10-6-5-9-36(38)37-18-17-34(25-41(37)47)48-35-22-30(28(3)4)21-33(24-35)46-26-45(32-15-13-31(43)14-16-32)39-11-7-8-12-40(39)46;/h5-23,26-28H,1-4H3;/q-3;. The number of fused-ring (bicyclic) bond motifs is 4. The van der Waals surface area contributed by atoms with Crippen LogP contribution >= 0.6 is 0 Å². The van der Waals surface area contributed by atoms with Gasteiger partial charge in [0, 0.05) is 61.3 Å². The molecule has 0 saturated carbocycles. The molecule has 3 heterocycles. The van der Waals surface area contributed by atoms with E-state index in [4.69, 9.17) is 9.72 Å². The van der Waals surface area contributed by atoms with E-state index in [1.165, 1.54) is 17.7 Å². The molecule has 0 unspecified atom stereocenters. The Kier molecular flexibility index (Phi) is 8.77. The van der Waals surface area contributed by atoms with E-state index in [0.717, 1.165) is 55.9 Å². The molecule has 0 radical (unpaired) electrons. The first-order chi connectivity index (χ1) is 23.3. The van der Waals surface area contributed by atoms with E-state index in [9.17, 15) is 4.39 Å². The first-order valence-corrected chi connectivity index (χ1v) is 16.3. The number of para-hydroxylation sites is 3. The summed E-state index contributed by atoms with van der Waals surface area (Å²) in [5.74, 6) is 2.40. The molecular formula is C42H34FN4OPt-3. The SMILES string of the molecule is CC(C)c1cc(Oc2[c-]c3c(cc2)c2ccccc2n3-c2cc(C(C)C)ccn2)[c-]c(N2[CH-]N(c3ccc(F)cc3)c3ccccc32)c1.[Pt]. The molecule has 0 spiro atoms. The summed E-state index contributed by atoms with van der Waals surface area (Å²) >= 11 is 0. The Hall–Kier alpha value is -4.93. The van der Waals surface area contributed by atoms with Crippen LogP contribution in [0.5, 0.6) is 11.5 Å². The van der Waals surface area contributed by atoms with Gasteiger partial charge in [-0.2, -0.15) is 6.07 Å². The van der Waals surface area contributed by atoms with Crippen molar-refractivity contribution < 1.29 is 30.2 Å². The third-order valence-electron chi connectivity index (χ3n) is 8.96. The first-order valence-electron chi connectivity index (χ1n) is 16.3. The van der Waals surface area contributed by atoms with Crippen molar-refractivity contribution in [3.63, 3.8) is 0 Å². The van der Waals surface area contributed by atoms with Gasteiger partial charge in [0.15, 0.2) is 0 Å². The van der Waals surface area contributed by atoms with Crippen LogP contribution in [0.4, 0.5) is 27.1 Å². The van der Waals surface area contributed by atoms with Crippen molar-refractivity contribution in [2.45, 2.75) is 39.5 Å². The molecule has 0 fully saturated rings. The van der Waals surface area contributed by atoms with Gasteiger partial charge in [0.1, 0.15) is 11.6 Å². The maximum absolute atomic E-state index is 13.8. The normalized spacial score (nSPS) is 12.6. The minimum atomic E-state index is -0.265. The van der Waals surface area contributed by atoms with Crippen LogP contribution in [0.2, 0.25) is 0 Å².